The second-order valence-electron chi connectivity index (χ2n) is 3.90. The SMILES string of the molecule is COc1cc(Cn2ccnc2CCl)cc([N+](=O)[O-])c1. The van der Waals surface area contributed by atoms with Gasteiger partial charge < -0.3 is 9.30 Å². The van der Waals surface area contributed by atoms with E-state index in [9.17, 15) is 10.1 Å². The third kappa shape index (κ3) is 3.03. The Balaban J connectivity index is 2.34. The Kier molecular flexibility index (Phi) is 4.01. The molecule has 19 heavy (non-hydrogen) atoms. The number of non-ortho nitro benzene ring substituents is 1. The summed E-state index contributed by atoms with van der Waals surface area (Å²) >= 11 is 5.76. The van der Waals surface area contributed by atoms with Gasteiger partial charge >= 0.3 is 0 Å². The number of alkyl halides is 1. The fraction of sp³-hybridized carbons (Fsp3) is 0.250. The van der Waals surface area contributed by atoms with Gasteiger partial charge in [0.15, 0.2) is 0 Å². The fourth-order valence-electron chi connectivity index (χ4n) is 1.77. The van der Waals surface area contributed by atoms with E-state index in [0.717, 1.165) is 5.56 Å². The summed E-state index contributed by atoms with van der Waals surface area (Å²) < 4.78 is 6.90. The van der Waals surface area contributed by atoms with E-state index >= 15 is 0 Å². The molecule has 7 heteroatoms. The molecule has 100 valence electrons. The van der Waals surface area contributed by atoms with Gasteiger partial charge in [-0.05, 0) is 11.6 Å². The minimum absolute atomic E-state index is 0.00175. The maximum atomic E-state index is 10.9. The summed E-state index contributed by atoms with van der Waals surface area (Å²) in [5.74, 6) is 1.46. The Morgan fingerprint density at radius 3 is 2.89 bits per heavy atom. The van der Waals surface area contributed by atoms with E-state index in [2.05, 4.69) is 4.98 Å². The van der Waals surface area contributed by atoms with Crippen LogP contribution in [0.25, 0.3) is 0 Å². The van der Waals surface area contributed by atoms with Crippen LogP contribution in [0, 0.1) is 10.1 Å². The summed E-state index contributed by atoms with van der Waals surface area (Å²) in [6.45, 7) is 0.458. The Hall–Kier alpha value is -2.08. The van der Waals surface area contributed by atoms with Crippen molar-refractivity contribution in [1.29, 1.82) is 0 Å². The zero-order valence-corrected chi connectivity index (χ0v) is 11.0. The first-order valence-electron chi connectivity index (χ1n) is 5.52. The summed E-state index contributed by atoms with van der Waals surface area (Å²) in [6, 6.07) is 4.66. The summed E-state index contributed by atoms with van der Waals surface area (Å²) in [6.07, 6.45) is 3.43. The highest BCUT2D eigenvalue weighted by molar-refractivity contribution is 6.16. The van der Waals surface area contributed by atoms with Crippen LogP contribution in [0.3, 0.4) is 0 Å². The van der Waals surface area contributed by atoms with Gasteiger partial charge in [-0.1, -0.05) is 0 Å². The number of rotatable bonds is 5. The maximum Gasteiger partial charge on any atom is 0.273 e. The number of nitrogens with zero attached hydrogens (tertiary/aromatic N) is 3. The third-order valence-corrected chi connectivity index (χ3v) is 2.91. The van der Waals surface area contributed by atoms with Gasteiger partial charge in [-0.25, -0.2) is 4.98 Å². The number of halogens is 1. The molecule has 2 aromatic rings. The van der Waals surface area contributed by atoms with Gasteiger partial charge in [-0.3, -0.25) is 10.1 Å². The predicted octanol–water partition coefficient (Wildman–Crippen LogP) is 2.59. The van der Waals surface area contributed by atoms with Crippen molar-refractivity contribution in [2.45, 2.75) is 12.4 Å². The molecule has 6 nitrogen and oxygen atoms in total. The zero-order chi connectivity index (χ0) is 13.8. The molecule has 1 aromatic heterocycles. The van der Waals surface area contributed by atoms with Gasteiger partial charge in [0, 0.05) is 25.0 Å². The van der Waals surface area contributed by atoms with Gasteiger partial charge in [0.2, 0.25) is 0 Å². The maximum absolute atomic E-state index is 10.9. The second kappa shape index (κ2) is 5.71. The van der Waals surface area contributed by atoms with Crippen LogP contribution in [0.2, 0.25) is 0 Å². The van der Waals surface area contributed by atoms with Crippen molar-refractivity contribution in [3.63, 3.8) is 0 Å². The fourth-order valence-corrected chi connectivity index (χ4v) is 1.99. The molecule has 0 aliphatic carbocycles. The second-order valence-corrected chi connectivity index (χ2v) is 4.17. The van der Waals surface area contributed by atoms with Gasteiger partial charge in [-0.15, -0.1) is 11.6 Å². The normalized spacial score (nSPS) is 10.4. The molecule has 0 fully saturated rings. The monoisotopic (exact) mass is 281 g/mol. The van der Waals surface area contributed by atoms with E-state index in [0.29, 0.717) is 24.0 Å². The topological polar surface area (TPSA) is 70.2 Å². The number of ether oxygens (including phenoxy) is 1. The number of hydrogen-bond donors (Lipinski definition) is 0. The highest BCUT2D eigenvalue weighted by Crippen LogP contribution is 2.23. The van der Waals surface area contributed by atoms with Crippen LogP contribution in [-0.4, -0.2) is 21.6 Å². The number of hydrogen-bond acceptors (Lipinski definition) is 4. The molecular weight excluding hydrogens is 270 g/mol. The standard InChI is InChI=1S/C12H12ClN3O3/c1-19-11-5-9(4-10(6-11)16(17)18)8-15-3-2-14-12(15)7-13/h2-6H,7-8H2,1H3. The summed E-state index contributed by atoms with van der Waals surface area (Å²) in [4.78, 5) is 14.5. The van der Waals surface area contributed by atoms with Crippen LogP contribution in [0.1, 0.15) is 11.4 Å². The molecule has 0 bridgehead atoms. The number of benzene rings is 1. The molecule has 0 atom stereocenters. The predicted molar refractivity (Wildman–Crippen MR) is 70.5 cm³/mol. The first-order valence-corrected chi connectivity index (χ1v) is 6.06. The van der Waals surface area contributed by atoms with Crippen molar-refractivity contribution in [1.82, 2.24) is 9.55 Å². The lowest BCUT2D eigenvalue weighted by Gasteiger charge is -2.08. The average Bonchev–Trinajstić information content (AvgIpc) is 2.85. The average molecular weight is 282 g/mol. The van der Waals surface area contributed by atoms with E-state index in [-0.39, 0.29) is 5.69 Å². The molecule has 0 spiro atoms. The van der Waals surface area contributed by atoms with Crippen LogP contribution in [0.4, 0.5) is 5.69 Å². The minimum atomic E-state index is -0.442. The molecule has 0 saturated carbocycles. The molecule has 0 unspecified atom stereocenters. The van der Waals surface area contributed by atoms with Crippen LogP contribution < -0.4 is 4.74 Å². The van der Waals surface area contributed by atoms with Crippen molar-refractivity contribution in [2.24, 2.45) is 0 Å². The van der Waals surface area contributed by atoms with Crippen molar-refractivity contribution >= 4 is 17.3 Å². The molecule has 0 radical (unpaired) electrons. The first kappa shape index (κ1) is 13.4. The molecule has 0 amide bonds. The van der Waals surface area contributed by atoms with E-state index < -0.39 is 4.92 Å². The Morgan fingerprint density at radius 2 is 2.26 bits per heavy atom. The summed E-state index contributed by atoms with van der Waals surface area (Å²) in [5.41, 5.74) is 0.761. The van der Waals surface area contributed by atoms with Crippen LogP contribution in [0.5, 0.6) is 5.75 Å². The molecule has 1 aromatic carbocycles. The van der Waals surface area contributed by atoms with E-state index in [1.165, 1.54) is 19.2 Å². The Bertz CT molecular complexity index is 598. The largest absolute Gasteiger partial charge is 0.496 e. The number of aromatic nitrogens is 2. The smallest absolute Gasteiger partial charge is 0.273 e. The van der Waals surface area contributed by atoms with Gasteiger partial charge in [0.25, 0.3) is 5.69 Å². The molecule has 1 heterocycles. The number of nitro benzene ring substituents is 1. The first-order chi connectivity index (χ1) is 9.13. The van der Waals surface area contributed by atoms with Gasteiger partial charge in [-0.2, -0.15) is 0 Å². The van der Waals surface area contributed by atoms with E-state index in [1.54, 1.807) is 18.5 Å². The summed E-state index contributed by atoms with van der Waals surface area (Å²) in [7, 11) is 1.48. The van der Waals surface area contributed by atoms with Crippen molar-refractivity contribution in [3.8, 4) is 5.75 Å². The van der Waals surface area contributed by atoms with E-state index in [4.69, 9.17) is 16.3 Å². The number of imidazole rings is 1. The van der Waals surface area contributed by atoms with Crippen LogP contribution in [0.15, 0.2) is 30.6 Å². The zero-order valence-electron chi connectivity index (χ0n) is 10.2. The number of methoxy groups -OCH3 is 1. The van der Waals surface area contributed by atoms with Crippen molar-refractivity contribution in [3.05, 3.63) is 52.1 Å². The molecule has 0 N–H and O–H groups in total. The van der Waals surface area contributed by atoms with Crippen molar-refractivity contribution < 1.29 is 9.66 Å². The lowest BCUT2D eigenvalue weighted by molar-refractivity contribution is -0.385. The Morgan fingerprint density at radius 1 is 1.47 bits per heavy atom. The quantitative estimate of drug-likeness (QED) is 0.480. The molecule has 2 rings (SSSR count). The molecule has 0 aliphatic rings. The van der Waals surface area contributed by atoms with Crippen LogP contribution in [-0.2, 0) is 12.4 Å². The van der Waals surface area contributed by atoms with Crippen molar-refractivity contribution in [2.75, 3.05) is 7.11 Å². The lowest BCUT2D eigenvalue weighted by Crippen LogP contribution is -2.03. The highest BCUT2D eigenvalue weighted by Gasteiger charge is 2.11. The highest BCUT2D eigenvalue weighted by atomic mass is 35.5. The summed E-state index contributed by atoms with van der Waals surface area (Å²) in [5, 5.41) is 10.9. The molecule has 0 aliphatic heterocycles. The minimum Gasteiger partial charge on any atom is -0.496 e. The molecular formula is C12H12ClN3O3. The van der Waals surface area contributed by atoms with E-state index in [1.807, 2.05) is 4.57 Å². The Labute approximate surface area is 114 Å². The van der Waals surface area contributed by atoms with Crippen LogP contribution >= 0.6 is 11.6 Å². The third-order valence-electron chi connectivity index (χ3n) is 2.67. The number of nitro groups is 1. The van der Waals surface area contributed by atoms with Gasteiger partial charge in [0.1, 0.15) is 11.6 Å². The molecule has 0 saturated heterocycles. The van der Waals surface area contributed by atoms with Gasteiger partial charge in [0.05, 0.1) is 24.0 Å². The lowest BCUT2D eigenvalue weighted by atomic mass is 10.2.